The lowest BCUT2D eigenvalue weighted by molar-refractivity contribution is 0.0692. The lowest BCUT2D eigenvalue weighted by atomic mass is 10.1. The number of carboxylic acids is 1. The average molecular weight is 239 g/mol. The van der Waals surface area contributed by atoms with E-state index in [2.05, 4.69) is 0 Å². The first-order valence-corrected chi connectivity index (χ1v) is 5.43. The van der Waals surface area contributed by atoms with Crippen molar-refractivity contribution in [1.29, 1.82) is 0 Å². The standard InChI is InChI=1S/C12H14FNO3/c1-14(8-5-6-17-7-8)10-4-2-3-9(13)11(10)12(15)16/h2-4,8H,5-7H2,1H3,(H,15,16). The van der Waals surface area contributed by atoms with Crippen LogP contribution in [0.15, 0.2) is 18.2 Å². The predicted molar refractivity (Wildman–Crippen MR) is 61.0 cm³/mol. The molecule has 17 heavy (non-hydrogen) atoms. The lowest BCUT2D eigenvalue weighted by Crippen LogP contribution is -2.33. The van der Waals surface area contributed by atoms with Crippen LogP contribution in [0.2, 0.25) is 0 Å². The van der Waals surface area contributed by atoms with Crippen LogP contribution < -0.4 is 4.90 Å². The van der Waals surface area contributed by atoms with E-state index in [0.29, 0.717) is 18.9 Å². The van der Waals surface area contributed by atoms with E-state index in [1.807, 2.05) is 0 Å². The van der Waals surface area contributed by atoms with Gasteiger partial charge in [-0.25, -0.2) is 9.18 Å². The molecule has 92 valence electrons. The van der Waals surface area contributed by atoms with Gasteiger partial charge < -0.3 is 14.7 Å². The molecule has 2 rings (SSSR count). The van der Waals surface area contributed by atoms with Crippen molar-refractivity contribution < 1.29 is 19.0 Å². The number of halogens is 1. The van der Waals surface area contributed by atoms with E-state index in [0.717, 1.165) is 12.5 Å². The minimum atomic E-state index is -1.25. The number of ether oxygens (including phenoxy) is 1. The van der Waals surface area contributed by atoms with Crippen molar-refractivity contribution in [2.45, 2.75) is 12.5 Å². The number of aromatic carboxylic acids is 1. The Hall–Kier alpha value is -1.62. The predicted octanol–water partition coefficient (Wildman–Crippen LogP) is 1.75. The summed E-state index contributed by atoms with van der Waals surface area (Å²) in [5.41, 5.74) is 0.120. The van der Waals surface area contributed by atoms with Crippen molar-refractivity contribution >= 4 is 11.7 Å². The van der Waals surface area contributed by atoms with Gasteiger partial charge in [0.25, 0.3) is 0 Å². The molecule has 1 unspecified atom stereocenters. The zero-order valence-corrected chi connectivity index (χ0v) is 9.52. The Morgan fingerprint density at radius 1 is 1.59 bits per heavy atom. The summed E-state index contributed by atoms with van der Waals surface area (Å²) >= 11 is 0. The molecule has 1 saturated heterocycles. The maximum atomic E-state index is 13.5. The molecule has 0 saturated carbocycles. The highest BCUT2D eigenvalue weighted by Gasteiger charge is 2.25. The Kier molecular flexibility index (Phi) is 3.28. The van der Waals surface area contributed by atoms with Crippen LogP contribution in [0.3, 0.4) is 0 Å². The van der Waals surface area contributed by atoms with Crippen molar-refractivity contribution in [3.8, 4) is 0 Å². The third-order valence-corrected chi connectivity index (χ3v) is 3.04. The third-order valence-electron chi connectivity index (χ3n) is 3.04. The Balaban J connectivity index is 2.36. The summed E-state index contributed by atoms with van der Waals surface area (Å²) in [6, 6.07) is 4.40. The Morgan fingerprint density at radius 2 is 2.35 bits per heavy atom. The molecular formula is C12H14FNO3. The molecule has 1 fully saturated rings. The van der Waals surface area contributed by atoms with E-state index in [1.54, 1.807) is 18.0 Å². The highest BCUT2D eigenvalue weighted by atomic mass is 19.1. The van der Waals surface area contributed by atoms with E-state index < -0.39 is 11.8 Å². The second-order valence-corrected chi connectivity index (χ2v) is 4.07. The van der Waals surface area contributed by atoms with Crippen molar-refractivity contribution in [3.63, 3.8) is 0 Å². The number of anilines is 1. The minimum Gasteiger partial charge on any atom is -0.478 e. The molecule has 1 N–H and O–H groups in total. The van der Waals surface area contributed by atoms with Gasteiger partial charge in [-0.2, -0.15) is 0 Å². The number of hydrogen-bond donors (Lipinski definition) is 1. The summed E-state index contributed by atoms with van der Waals surface area (Å²) < 4.78 is 18.8. The van der Waals surface area contributed by atoms with E-state index in [4.69, 9.17) is 9.84 Å². The number of nitrogens with zero attached hydrogens (tertiary/aromatic N) is 1. The molecule has 4 nitrogen and oxygen atoms in total. The van der Waals surface area contributed by atoms with E-state index in [1.165, 1.54) is 6.07 Å². The normalized spacial score (nSPS) is 19.3. The van der Waals surface area contributed by atoms with Crippen LogP contribution in [-0.2, 0) is 4.74 Å². The van der Waals surface area contributed by atoms with E-state index >= 15 is 0 Å². The molecule has 1 aliphatic heterocycles. The van der Waals surface area contributed by atoms with Gasteiger partial charge in [0.15, 0.2) is 0 Å². The van der Waals surface area contributed by atoms with Crippen LogP contribution in [0.1, 0.15) is 16.8 Å². The summed E-state index contributed by atoms with van der Waals surface area (Å²) in [6.07, 6.45) is 0.825. The lowest BCUT2D eigenvalue weighted by Gasteiger charge is -2.26. The molecule has 1 aliphatic rings. The summed E-state index contributed by atoms with van der Waals surface area (Å²) in [7, 11) is 1.76. The van der Waals surface area contributed by atoms with Crippen LogP contribution >= 0.6 is 0 Å². The molecule has 1 heterocycles. The number of hydrogen-bond acceptors (Lipinski definition) is 3. The first-order valence-electron chi connectivity index (χ1n) is 5.43. The maximum absolute atomic E-state index is 13.5. The summed E-state index contributed by atoms with van der Waals surface area (Å²) in [6.45, 7) is 1.21. The van der Waals surface area contributed by atoms with Crippen LogP contribution in [0.25, 0.3) is 0 Å². The fourth-order valence-electron chi connectivity index (χ4n) is 2.04. The molecule has 0 aliphatic carbocycles. The van der Waals surface area contributed by atoms with Gasteiger partial charge >= 0.3 is 5.97 Å². The fraction of sp³-hybridized carbons (Fsp3) is 0.417. The first-order chi connectivity index (χ1) is 8.11. The van der Waals surface area contributed by atoms with Gasteiger partial charge in [0, 0.05) is 13.7 Å². The van der Waals surface area contributed by atoms with Crippen molar-refractivity contribution in [3.05, 3.63) is 29.6 Å². The zero-order valence-electron chi connectivity index (χ0n) is 9.52. The smallest absolute Gasteiger partial charge is 0.340 e. The zero-order chi connectivity index (χ0) is 12.4. The number of benzene rings is 1. The Morgan fingerprint density at radius 3 is 2.94 bits per heavy atom. The van der Waals surface area contributed by atoms with Gasteiger partial charge in [-0.05, 0) is 18.6 Å². The van der Waals surface area contributed by atoms with Crippen LogP contribution in [-0.4, -0.2) is 37.4 Å². The maximum Gasteiger partial charge on any atom is 0.340 e. The largest absolute Gasteiger partial charge is 0.478 e. The van der Waals surface area contributed by atoms with Gasteiger partial charge in [0.1, 0.15) is 11.4 Å². The molecule has 0 spiro atoms. The van der Waals surface area contributed by atoms with Crippen LogP contribution in [0.4, 0.5) is 10.1 Å². The first kappa shape index (κ1) is 11.9. The van der Waals surface area contributed by atoms with Gasteiger partial charge in [-0.1, -0.05) is 6.07 Å². The fourth-order valence-corrected chi connectivity index (χ4v) is 2.04. The van der Waals surface area contributed by atoms with Crippen molar-refractivity contribution in [1.82, 2.24) is 0 Å². The molecule has 1 aromatic rings. The average Bonchev–Trinajstić information content (AvgIpc) is 2.80. The van der Waals surface area contributed by atoms with Gasteiger partial charge in [0.2, 0.25) is 0 Å². The highest BCUT2D eigenvalue weighted by Crippen LogP contribution is 2.26. The van der Waals surface area contributed by atoms with E-state index in [-0.39, 0.29) is 11.6 Å². The second kappa shape index (κ2) is 4.71. The Labute approximate surface area is 98.6 Å². The molecule has 1 aromatic carbocycles. The molecule has 0 amide bonds. The van der Waals surface area contributed by atoms with Gasteiger partial charge in [-0.15, -0.1) is 0 Å². The van der Waals surface area contributed by atoms with Crippen LogP contribution in [0, 0.1) is 5.82 Å². The molecule has 0 bridgehead atoms. The molecule has 5 heteroatoms. The molecule has 0 aromatic heterocycles. The molecule has 1 atom stereocenters. The minimum absolute atomic E-state index is 0.106. The summed E-state index contributed by atoms with van der Waals surface area (Å²) in [5, 5.41) is 9.04. The Bertz CT molecular complexity index is 430. The van der Waals surface area contributed by atoms with Crippen molar-refractivity contribution in [2.24, 2.45) is 0 Å². The van der Waals surface area contributed by atoms with Crippen molar-refractivity contribution in [2.75, 3.05) is 25.2 Å². The SMILES string of the molecule is CN(c1cccc(F)c1C(=O)O)C1CCOC1. The quantitative estimate of drug-likeness (QED) is 0.873. The number of rotatable bonds is 3. The number of carboxylic acid groups (broad SMARTS) is 1. The second-order valence-electron chi connectivity index (χ2n) is 4.07. The van der Waals surface area contributed by atoms with Gasteiger partial charge in [0.05, 0.1) is 18.3 Å². The number of likely N-dealkylation sites (N-methyl/N-ethyl adjacent to an activating group) is 1. The highest BCUT2D eigenvalue weighted by molar-refractivity contribution is 5.94. The monoisotopic (exact) mass is 239 g/mol. The third kappa shape index (κ3) is 2.24. The van der Waals surface area contributed by atoms with E-state index in [9.17, 15) is 9.18 Å². The van der Waals surface area contributed by atoms with Crippen LogP contribution in [0.5, 0.6) is 0 Å². The molecular weight excluding hydrogens is 225 g/mol. The summed E-state index contributed by atoms with van der Waals surface area (Å²) in [5.74, 6) is -1.95. The molecule has 0 radical (unpaired) electrons. The summed E-state index contributed by atoms with van der Waals surface area (Å²) in [4.78, 5) is 12.8. The topological polar surface area (TPSA) is 49.8 Å². The number of carbonyl (C=O) groups is 1. The van der Waals surface area contributed by atoms with Gasteiger partial charge in [-0.3, -0.25) is 0 Å².